The summed E-state index contributed by atoms with van der Waals surface area (Å²) < 4.78 is 25.5. The second-order valence-corrected chi connectivity index (χ2v) is 5.63. The number of methoxy groups -OCH3 is 1. The lowest BCUT2D eigenvalue weighted by atomic mass is 10.1. The van der Waals surface area contributed by atoms with E-state index in [0.29, 0.717) is 17.1 Å². The van der Waals surface area contributed by atoms with Crippen LogP contribution in [0.15, 0.2) is 40.9 Å². The number of hydrogen-bond donors (Lipinski definition) is 1. The third-order valence-corrected chi connectivity index (χ3v) is 3.60. The number of benzene rings is 2. The number of halogens is 2. The first-order chi connectivity index (χ1) is 10.0. The van der Waals surface area contributed by atoms with Gasteiger partial charge in [0.25, 0.3) is 0 Å². The number of nitrogens with two attached hydrogens (primary N) is 1. The molecule has 0 heterocycles. The first kappa shape index (κ1) is 15.8. The second-order valence-electron chi connectivity index (χ2n) is 4.72. The van der Waals surface area contributed by atoms with Crippen LogP contribution in [0.4, 0.5) is 4.39 Å². The Labute approximate surface area is 132 Å². The van der Waals surface area contributed by atoms with Crippen molar-refractivity contribution < 1.29 is 13.9 Å². The Morgan fingerprint density at radius 1 is 1.24 bits per heavy atom. The van der Waals surface area contributed by atoms with Crippen molar-refractivity contribution >= 4 is 15.9 Å². The predicted molar refractivity (Wildman–Crippen MR) is 84.0 cm³/mol. The van der Waals surface area contributed by atoms with E-state index >= 15 is 0 Å². The molecule has 2 aromatic carbocycles. The molecule has 3 nitrogen and oxygen atoms in total. The molecule has 1 atom stereocenters. The Kier molecular flexibility index (Phi) is 5.20. The molecule has 0 saturated heterocycles. The average molecular weight is 354 g/mol. The van der Waals surface area contributed by atoms with Crippen molar-refractivity contribution in [3.05, 3.63) is 57.8 Å². The van der Waals surface area contributed by atoms with Gasteiger partial charge in [-0.2, -0.15) is 0 Å². The van der Waals surface area contributed by atoms with Gasteiger partial charge < -0.3 is 15.2 Å². The maximum atomic E-state index is 13.9. The standard InChI is InChI=1S/C16H17BrFNO2/c1-10(19)14-6-4-12(17)7-16(14)21-9-11-3-5-13(20-2)8-15(11)18/h3-8,10H,9,19H2,1-2H3/t10-/m0/s1. The maximum Gasteiger partial charge on any atom is 0.133 e. The summed E-state index contributed by atoms with van der Waals surface area (Å²) in [6, 6.07) is 10.2. The zero-order chi connectivity index (χ0) is 15.4. The first-order valence-corrected chi connectivity index (χ1v) is 7.31. The molecule has 0 bridgehead atoms. The third-order valence-electron chi connectivity index (χ3n) is 3.11. The zero-order valence-electron chi connectivity index (χ0n) is 11.9. The van der Waals surface area contributed by atoms with E-state index in [4.69, 9.17) is 15.2 Å². The SMILES string of the molecule is COc1ccc(COc2cc(Br)ccc2[C@H](C)N)c(F)c1. The lowest BCUT2D eigenvalue weighted by Gasteiger charge is -2.15. The van der Waals surface area contributed by atoms with Crippen molar-refractivity contribution in [2.75, 3.05) is 7.11 Å². The molecule has 2 aromatic rings. The average Bonchev–Trinajstić information content (AvgIpc) is 2.45. The quantitative estimate of drug-likeness (QED) is 0.876. The van der Waals surface area contributed by atoms with E-state index in [0.717, 1.165) is 10.0 Å². The van der Waals surface area contributed by atoms with E-state index in [-0.39, 0.29) is 18.5 Å². The van der Waals surface area contributed by atoms with Crippen molar-refractivity contribution in [2.24, 2.45) is 5.73 Å². The molecule has 21 heavy (non-hydrogen) atoms. The van der Waals surface area contributed by atoms with Gasteiger partial charge in [-0.15, -0.1) is 0 Å². The molecular formula is C16H17BrFNO2. The van der Waals surface area contributed by atoms with Crippen LogP contribution in [0.2, 0.25) is 0 Å². The van der Waals surface area contributed by atoms with Gasteiger partial charge in [-0.3, -0.25) is 0 Å². The highest BCUT2D eigenvalue weighted by Gasteiger charge is 2.11. The Balaban J connectivity index is 2.18. The van der Waals surface area contributed by atoms with Crippen LogP contribution in [-0.4, -0.2) is 7.11 Å². The molecule has 0 radical (unpaired) electrons. The van der Waals surface area contributed by atoms with Crippen LogP contribution in [-0.2, 0) is 6.61 Å². The molecule has 0 aliphatic carbocycles. The highest BCUT2D eigenvalue weighted by Crippen LogP contribution is 2.29. The van der Waals surface area contributed by atoms with Crippen molar-refractivity contribution in [2.45, 2.75) is 19.6 Å². The minimum atomic E-state index is -0.355. The topological polar surface area (TPSA) is 44.5 Å². The monoisotopic (exact) mass is 353 g/mol. The highest BCUT2D eigenvalue weighted by atomic mass is 79.9. The smallest absolute Gasteiger partial charge is 0.133 e. The summed E-state index contributed by atoms with van der Waals surface area (Å²) >= 11 is 3.39. The Morgan fingerprint density at radius 3 is 2.62 bits per heavy atom. The normalized spacial score (nSPS) is 12.0. The van der Waals surface area contributed by atoms with Crippen LogP contribution in [0.1, 0.15) is 24.1 Å². The van der Waals surface area contributed by atoms with Gasteiger partial charge in [0.1, 0.15) is 23.9 Å². The lowest BCUT2D eigenvalue weighted by Crippen LogP contribution is -2.08. The molecule has 0 amide bonds. The maximum absolute atomic E-state index is 13.9. The van der Waals surface area contributed by atoms with Gasteiger partial charge in [0.05, 0.1) is 7.11 Å². The van der Waals surface area contributed by atoms with Gasteiger partial charge in [0, 0.05) is 27.7 Å². The van der Waals surface area contributed by atoms with Gasteiger partial charge in [-0.05, 0) is 31.2 Å². The molecule has 0 aliphatic heterocycles. The zero-order valence-corrected chi connectivity index (χ0v) is 13.5. The largest absolute Gasteiger partial charge is 0.497 e. The van der Waals surface area contributed by atoms with Gasteiger partial charge in [-0.1, -0.05) is 22.0 Å². The van der Waals surface area contributed by atoms with E-state index in [1.54, 1.807) is 12.1 Å². The number of rotatable bonds is 5. The summed E-state index contributed by atoms with van der Waals surface area (Å²) in [7, 11) is 1.50. The van der Waals surface area contributed by atoms with E-state index < -0.39 is 0 Å². The van der Waals surface area contributed by atoms with Crippen LogP contribution in [0.3, 0.4) is 0 Å². The fraction of sp³-hybridized carbons (Fsp3) is 0.250. The van der Waals surface area contributed by atoms with E-state index in [2.05, 4.69) is 15.9 Å². The number of hydrogen-bond acceptors (Lipinski definition) is 3. The van der Waals surface area contributed by atoms with Crippen molar-refractivity contribution in [1.29, 1.82) is 0 Å². The molecule has 0 aromatic heterocycles. The van der Waals surface area contributed by atoms with E-state index in [1.807, 2.05) is 25.1 Å². The van der Waals surface area contributed by atoms with Gasteiger partial charge in [-0.25, -0.2) is 4.39 Å². The fourth-order valence-corrected chi connectivity index (χ4v) is 2.28. The molecular weight excluding hydrogens is 337 g/mol. The van der Waals surface area contributed by atoms with Crippen LogP contribution < -0.4 is 15.2 Å². The summed E-state index contributed by atoms with van der Waals surface area (Å²) in [5.74, 6) is 0.774. The summed E-state index contributed by atoms with van der Waals surface area (Å²) in [6.45, 7) is 2.01. The molecule has 2 rings (SSSR count). The summed E-state index contributed by atoms with van der Waals surface area (Å²) in [5.41, 5.74) is 7.26. The predicted octanol–water partition coefficient (Wildman–Crippen LogP) is 4.20. The van der Waals surface area contributed by atoms with Gasteiger partial charge in [0.15, 0.2) is 0 Å². The number of ether oxygens (including phenoxy) is 2. The Hall–Kier alpha value is -1.59. The van der Waals surface area contributed by atoms with Crippen molar-refractivity contribution in [3.63, 3.8) is 0 Å². The Bertz CT molecular complexity index is 632. The third kappa shape index (κ3) is 3.95. The van der Waals surface area contributed by atoms with Gasteiger partial charge >= 0.3 is 0 Å². The molecule has 5 heteroatoms. The van der Waals surface area contributed by atoms with Crippen molar-refractivity contribution in [1.82, 2.24) is 0 Å². The molecule has 0 saturated carbocycles. The van der Waals surface area contributed by atoms with Crippen LogP contribution in [0.5, 0.6) is 11.5 Å². The minimum absolute atomic E-state index is 0.131. The molecule has 0 aliphatic rings. The van der Waals surface area contributed by atoms with Gasteiger partial charge in [0.2, 0.25) is 0 Å². The molecule has 0 fully saturated rings. The van der Waals surface area contributed by atoms with Crippen molar-refractivity contribution in [3.8, 4) is 11.5 Å². The van der Waals surface area contributed by atoms with Crippen LogP contribution in [0.25, 0.3) is 0 Å². The summed E-state index contributed by atoms with van der Waals surface area (Å²) in [4.78, 5) is 0. The molecule has 0 spiro atoms. The minimum Gasteiger partial charge on any atom is -0.497 e. The van der Waals surface area contributed by atoms with Crippen LogP contribution >= 0.6 is 15.9 Å². The first-order valence-electron chi connectivity index (χ1n) is 6.51. The van der Waals surface area contributed by atoms with E-state index in [1.165, 1.54) is 13.2 Å². The molecule has 2 N–H and O–H groups in total. The summed E-state index contributed by atoms with van der Waals surface area (Å²) in [5, 5.41) is 0. The highest BCUT2D eigenvalue weighted by molar-refractivity contribution is 9.10. The summed E-state index contributed by atoms with van der Waals surface area (Å²) in [6.07, 6.45) is 0. The fourth-order valence-electron chi connectivity index (χ4n) is 1.94. The second kappa shape index (κ2) is 6.91. The lowest BCUT2D eigenvalue weighted by molar-refractivity contribution is 0.294. The van der Waals surface area contributed by atoms with E-state index in [9.17, 15) is 4.39 Å². The molecule has 0 unspecified atom stereocenters. The molecule has 112 valence electrons. The van der Waals surface area contributed by atoms with Crippen LogP contribution in [0, 0.1) is 5.82 Å². The Morgan fingerprint density at radius 2 is 2.00 bits per heavy atom.